The van der Waals surface area contributed by atoms with Gasteiger partial charge in [0.25, 0.3) is 0 Å². The third kappa shape index (κ3) is 4.88. The lowest BCUT2D eigenvalue weighted by atomic mass is 9.81. The summed E-state index contributed by atoms with van der Waals surface area (Å²) in [7, 11) is 0. The molecule has 0 amide bonds. The number of benzene rings is 1. The standard InChI is InChI=1S/C17H26FNO/c1-13-3-2-4-14(11-13)9-10-19-12-17(20)15-5-7-16(18)8-6-15/h5-8,13-14,17,19-20H,2-4,9-12H2,1H3. The lowest BCUT2D eigenvalue weighted by Crippen LogP contribution is -2.25. The van der Waals surface area contributed by atoms with Crippen molar-refractivity contribution in [3.8, 4) is 0 Å². The summed E-state index contributed by atoms with van der Waals surface area (Å²) in [6, 6.07) is 6.07. The average molecular weight is 279 g/mol. The first-order valence-electron chi connectivity index (χ1n) is 7.79. The van der Waals surface area contributed by atoms with Gasteiger partial charge >= 0.3 is 0 Å². The maximum absolute atomic E-state index is 12.8. The Balaban J connectivity index is 1.64. The van der Waals surface area contributed by atoms with E-state index in [-0.39, 0.29) is 5.82 Å². The average Bonchev–Trinajstić information content (AvgIpc) is 2.44. The number of rotatable bonds is 6. The summed E-state index contributed by atoms with van der Waals surface area (Å²) in [6.45, 7) is 3.83. The van der Waals surface area contributed by atoms with Crippen LogP contribution in [0.1, 0.15) is 50.7 Å². The molecule has 3 heteroatoms. The topological polar surface area (TPSA) is 32.3 Å². The normalized spacial score (nSPS) is 24.6. The van der Waals surface area contributed by atoms with E-state index in [2.05, 4.69) is 12.2 Å². The molecule has 0 bridgehead atoms. The van der Waals surface area contributed by atoms with E-state index in [0.29, 0.717) is 6.54 Å². The highest BCUT2D eigenvalue weighted by molar-refractivity contribution is 5.18. The van der Waals surface area contributed by atoms with E-state index in [9.17, 15) is 9.50 Å². The third-order valence-electron chi connectivity index (χ3n) is 4.37. The summed E-state index contributed by atoms with van der Waals surface area (Å²) < 4.78 is 12.8. The van der Waals surface area contributed by atoms with Crippen molar-refractivity contribution in [2.75, 3.05) is 13.1 Å². The highest BCUT2D eigenvalue weighted by atomic mass is 19.1. The van der Waals surface area contributed by atoms with Crippen LogP contribution in [-0.2, 0) is 0 Å². The fourth-order valence-electron chi connectivity index (χ4n) is 3.17. The minimum atomic E-state index is -0.555. The van der Waals surface area contributed by atoms with Gasteiger partial charge in [0.2, 0.25) is 0 Å². The van der Waals surface area contributed by atoms with E-state index in [0.717, 1.165) is 23.9 Å². The van der Waals surface area contributed by atoms with Crippen molar-refractivity contribution in [3.63, 3.8) is 0 Å². The van der Waals surface area contributed by atoms with Gasteiger partial charge in [-0.25, -0.2) is 4.39 Å². The number of halogens is 1. The van der Waals surface area contributed by atoms with Crippen LogP contribution in [0.25, 0.3) is 0 Å². The first-order valence-corrected chi connectivity index (χ1v) is 7.79. The van der Waals surface area contributed by atoms with Crippen LogP contribution in [0.5, 0.6) is 0 Å². The minimum absolute atomic E-state index is 0.264. The van der Waals surface area contributed by atoms with Crippen molar-refractivity contribution >= 4 is 0 Å². The van der Waals surface area contributed by atoms with Crippen LogP contribution in [-0.4, -0.2) is 18.2 Å². The van der Waals surface area contributed by atoms with Crippen molar-refractivity contribution < 1.29 is 9.50 Å². The predicted octanol–water partition coefficient (Wildman–Crippen LogP) is 3.67. The molecule has 1 fully saturated rings. The molecule has 2 nitrogen and oxygen atoms in total. The van der Waals surface area contributed by atoms with Crippen LogP contribution in [0.2, 0.25) is 0 Å². The number of hydrogen-bond acceptors (Lipinski definition) is 2. The first-order chi connectivity index (χ1) is 9.65. The molecule has 0 aromatic heterocycles. The summed E-state index contributed by atoms with van der Waals surface area (Å²) in [4.78, 5) is 0. The van der Waals surface area contributed by atoms with E-state index in [1.807, 2.05) is 0 Å². The van der Waals surface area contributed by atoms with E-state index >= 15 is 0 Å². The largest absolute Gasteiger partial charge is 0.387 e. The van der Waals surface area contributed by atoms with Gasteiger partial charge in [-0.1, -0.05) is 38.3 Å². The maximum Gasteiger partial charge on any atom is 0.123 e. The van der Waals surface area contributed by atoms with Crippen molar-refractivity contribution in [2.45, 2.75) is 45.1 Å². The molecule has 0 aliphatic heterocycles. The van der Waals surface area contributed by atoms with Gasteiger partial charge in [0.15, 0.2) is 0 Å². The zero-order chi connectivity index (χ0) is 14.4. The second kappa shape index (κ2) is 7.75. The van der Waals surface area contributed by atoms with Gasteiger partial charge in [0.05, 0.1) is 6.10 Å². The molecule has 3 atom stereocenters. The summed E-state index contributed by atoms with van der Waals surface area (Å²) in [5.41, 5.74) is 0.769. The molecule has 1 aromatic rings. The van der Waals surface area contributed by atoms with Gasteiger partial charge in [-0.05, 0) is 48.9 Å². The van der Waals surface area contributed by atoms with Crippen molar-refractivity contribution in [2.24, 2.45) is 11.8 Å². The Morgan fingerprint density at radius 3 is 2.75 bits per heavy atom. The van der Waals surface area contributed by atoms with Gasteiger partial charge in [-0.2, -0.15) is 0 Å². The van der Waals surface area contributed by atoms with Gasteiger partial charge in [0.1, 0.15) is 5.82 Å². The lowest BCUT2D eigenvalue weighted by molar-refractivity contribution is 0.172. The summed E-state index contributed by atoms with van der Waals surface area (Å²) in [5.74, 6) is 1.45. The molecule has 1 aliphatic carbocycles. The highest BCUT2D eigenvalue weighted by Crippen LogP contribution is 2.30. The number of nitrogens with one attached hydrogen (secondary N) is 1. The van der Waals surface area contributed by atoms with Gasteiger partial charge in [-0.3, -0.25) is 0 Å². The molecule has 1 aromatic carbocycles. The third-order valence-corrected chi connectivity index (χ3v) is 4.37. The van der Waals surface area contributed by atoms with Gasteiger partial charge in [-0.15, -0.1) is 0 Å². The monoisotopic (exact) mass is 279 g/mol. The Kier molecular flexibility index (Phi) is 5.99. The van der Waals surface area contributed by atoms with Crippen LogP contribution in [0.4, 0.5) is 4.39 Å². The first kappa shape index (κ1) is 15.5. The van der Waals surface area contributed by atoms with E-state index in [1.54, 1.807) is 12.1 Å². The number of hydrogen-bond donors (Lipinski definition) is 2. The predicted molar refractivity (Wildman–Crippen MR) is 80.0 cm³/mol. The van der Waals surface area contributed by atoms with E-state index in [1.165, 1.54) is 44.2 Å². The Morgan fingerprint density at radius 1 is 1.30 bits per heavy atom. The Morgan fingerprint density at radius 2 is 2.05 bits per heavy atom. The molecule has 2 N–H and O–H groups in total. The molecular formula is C17H26FNO. The molecule has 1 aliphatic rings. The molecule has 112 valence electrons. The van der Waals surface area contributed by atoms with Gasteiger partial charge < -0.3 is 10.4 Å². The fraction of sp³-hybridized carbons (Fsp3) is 0.647. The Bertz CT molecular complexity index is 392. The molecule has 0 heterocycles. The fourth-order valence-corrected chi connectivity index (χ4v) is 3.17. The number of aliphatic hydroxyl groups is 1. The quantitative estimate of drug-likeness (QED) is 0.779. The van der Waals surface area contributed by atoms with Crippen LogP contribution < -0.4 is 5.32 Å². The molecule has 0 spiro atoms. The molecule has 20 heavy (non-hydrogen) atoms. The molecule has 2 rings (SSSR count). The molecule has 0 radical (unpaired) electrons. The molecular weight excluding hydrogens is 253 g/mol. The summed E-state index contributed by atoms with van der Waals surface area (Å²) in [6.07, 6.45) is 6.09. The van der Waals surface area contributed by atoms with Crippen LogP contribution >= 0.6 is 0 Å². The smallest absolute Gasteiger partial charge is 0.123 e. The second-order valence-electron chi connectivity index (χ2n) is 6.20. The van der Waals surface area contributed by atoms with Crippen molar-refractivity contribution in [1.82, 2.24) is 5.32 Å². The Labute approximate surface area is 121 Å². The van der Waals surface area contributed by atoms with E-state index < -0.39 is 6.10 Å². The zero-order valence-corrected chi connectivity index (χ0v) is 12.3. The molecule has 1 saturated carbocycles. The van der Waals surface area contributed by atoms with Crippen LogP contribution in [0, 0.1) is 17.7 Å². The molecule has 0 saturated heterocycles. The Hall–Kier alpha value is -0.930. The second-order valence-corrected chi connectivity index (χ2v) is 6.20. The summed E-state index contributed by atoms with van der Waals surface area (Å²) in [5, 5.41) is 13.3. The maximum atomic E-state index is 12.8. The van der Waals surface area contributed by atoms with Crippen molar-refractivity contribution in [3.05, 3.63) is 35.6 Å². The zero-order valence-electron chi connectivity index (χ0n) is 12.3. The van der Waals surface area contributed by atoms with Crippen molar-refractivity contribution in [1.29, 1.82) is 0 Å². The lowest BCUT2D eigenvalue weighted by Gasteiger charge is -2.26. The SMILES string of the molecule is CC1CCCC(CCNCC(O)c2ccc(F)cc2)C1. The molecule has 3 unspecified atom stereocenters. The van der Waals surface area contributed by atoms with E-state index in [4.69, 9.17) is 0 Å². The van der Waals surface area contributed by atoms with Crippen LogP contribution in [0.3, 0.4) is 0 Å². The summed E-state index contributed by atoms with van der Waals surface area (Å²) >= 11 is 0. The van der Waals surface area contributed by atoms with Gasteiger partial charge in [0, 0.05) is 6.54 Å². The minimum Gasteiger partial charge on any atom is -0.387 e. The number of aliphatic hydroxyl groups excluding tert-OH is 1. The van der Waals surface area contributed by atoms with Crippen LogP contribution in [0.15, 0.2) is 24.3 Å². The highest BCUT2D eigenvalue weighted by Gasteiger charge is 2.18.